The second-order valence-electron chi connectivity index (χ2n) is 3.94. The van der Waals surface area contributed by atoms with Gasteiger partial charge in [0.25, 0.3) is 5.91 Å². The number of nitrogens with zero attached hydrogens (tertiary/aromatic N) is 1. The Morgan fingerprint density at radius 3 is 2.53 bits per heavy atom. The molecule has 0 bridgehead atoms. The Labute approximate surface area is 104 Å². The van der Waals surface area contributed by atoms with Crippen LogP contribution in [-0.4, -0.2) is 31.7 Å². The van der Waals surface area contributed by atoms with Crippen LogP contribution in [0.15, 0.2) is 16.3 Å². The van der Waals surface area contributed by atoms with Gasteiger partial charge in [0.05, 0.1) is 0 Å². The van der Waals surface area contributed by atoms with Gasteiger partial charge in [-0.25, -0.2) is 8.42 Å². The number of nitrogens with two attached hydrogens (primary N) is 1. The maximum absolute atomic E-state index is 12.3. The summed E-state index contributed by atoms with van der Waals surface area (Å²) in [5.74, 6) is -0.685. The molecule has 1 saturated heterocycles. The zero-order valence-corrected chi connectivity index (χ0v) is 10.9. The van der Waals surface area contributed by atoms with Crippen LogP contribution in [-0.2, 0) is 10.0 Å². The third-order valence-corrected chi connectivity index (χ3v) is 5.78. The number of carbonyl (C=O) groups excluding carboxylic acids is 1. The summed E-state index contributed by atoms with van der Waals surface area (Å²) in [6, 6.07) is 1.45. The molecule has 1 aliphatic rings. The van der Waals surface area contributed by atoms with E-state index in [9.17, 15) is 13.2 Å². The van der Waals surface area contributed by atoms with Crippen molar-refractivity contribution in [3.63, 3.8) is 0 Å². The number of amides is 1. The summed E-state index contributed by atoms with van der Waals surface area (Å²) in [7, 11) is -3.55. The zero-order valence-electron chi connectivity index (χ0n) is 9.26. The number of primary amides is 1. The maximum Gasteiger partial charge on any atom is 0.260 e. The molecule has 0 radical (unpaired) electrons. The SMILES string of the molecule is NC(=O)c1sccc1S(=O)(=O)N1CCCCC1. The van der Waals surface area contributed by atoms with Crippen LogP contribution in [0, 0.1) is 0 Å². The molecule has 0 atom stereocenters. The van der Waals surface area contributed by atoms with Crippen LogP contribution in [0.2, 0.25) is 0 Å². The molecule has 0 aromatic carbocycles. The van der Waals surface area contributed by atoms with E-state index in [0.29, 0.717) is 13.1 Å². The number of piperidine rings is 1. The Bertz CT molecular complexity index is 515. The molecule has 2 N–H and O–H groups in total. The van der Waals surface area contributed by atoms with E-state index >= 15 is 0 Å². The van der Waals surface area contributed by atoms with Gasteiger partial charge in [0, 0.05) is 13.1 Å². The first-order valence-corrected chi connectivity index (χ1v) is 7.73. The van der Waals surface area contributed by atoms with Gasteiger partial charge in [0.15, 0.2) is 0 Å². The van der Waals surface area contributed by atoms with E-state index in [1.807, 2.05) is 0 Å². The quantitative estimate of drug-likeness (QED) is 0.893. The molecular formula is C10H14N2O3S2. The molecule has 2 heterocycles. The Morgan fingerprint density at radius 1 is 1.29 bits per heavy atom. The van der Waals surface area contributed by atoms with Crippen LogP contribution in [0.25, 0.3) is 0 Å². The first-order chi connectivity index (χ1) is 8.03. The van der Waals surface area contributed by atoms with E-state index in [0.717, 1.165) is 30.6 Å². The van der Waals surface area contributed by atoms with E-state index in [1.54, 1.807) is 5.38 Å². The highest BCUT2D eigenvalue weighted by atomic mass is 32.2. The predicted molar refractivity (Wildman–Crippen MR) is 65.4 cm³/mol. The van der Waals surface area contributed by atoms with E-state index in [1.165, 1.54) is 10.4 Å². The van der Waals surface area contributed by atoms with Gasteiger partial charge in [0.1, 0.15) is 9.77 Å². The minimum atomic E-state index is -3.55. The highest BCUT2D eigenvalue weighted by Crippen LogP contribution is 2.26. The molecule has 1 amide bonds. The van der Waals surface area contributed by atoms with Crippen molar-refractivity contribution >= 4 is 27.3 Å². The van der Waals surface area contributed by atoms with Gasteiger partial charge >= 0.3 is 0 Å². The summed E-state index contributed by atoms with van der Waals surface area (Å²) in [6.45, 7) is 1.05. The van der Waals surface area contributed by atoms with Crippen molar-refractivity contribution in [1.29, 1.82) is 0 Å². The van der Waals surface area contributed by atoms with Crippen LogP contribution < -0.4 is 5.73 Å². The third kappa shape index (κ3) is 2.36. The lowest BCUT2D eigenvalue weighted by Gasteiger charge is -2.25. The number of rotatable bonds is 3. The lowest BCUT2D eigenvalue weighted by Crippen LogP contribution is -2.36. The van der Waals surface area contributed by atoms with Crippen molar-refractivity contribution in [3.8, 4) is 0 Å². The summed E-state index contributed by atoms with van der Waals surface area (Å²) in [5, 5.41) is 1.58. The smallest absolute Gasteiger partial charge is 0.260 e. The van der Waals surface area contributed by atoms with Gasteiger partial charge in [-0.15, -0.1) is 11.3 Å². The summed E-state index contributed by atoms with van der Waals surface area (Å²) in [4.78, 5) is 11.3. The highest BCUT2D eigenvalue weighted by molar-refractivity contribution is 7.89. The molecule has 5 nitrogen and oxygen atoms in total. The Balaban J connectivity index is 2.37. The van der Waals surface area contributed by atoms with Crippen molar-refractivity contribution < 1.29 is 13.2 Å². The van der Waals surface area contributed by atoms with Gasteiger partial charge in [-0.05, 0) is 24.3 Å². The van der Waals surface area contributed by atoms with Crippen molar-refractivity contribution in [3.05, 3.63) is 16.3 Å². The summed E-state index contributed by atoms with van der Waals surface area (Å²) in [6.07, 6.45) is 2.79. The Kier molecular flexibility index (Phi) is 3.50. The fraction of sp³-hybridized carbons (Fsp3) is 0.500. The molecule has 1 fully saturated rings. The monoisotopic (exact) mass is 274 g/mol. The lowest BCUT2D eigenvalue weighted by molar-refractivity contribution is 0.100. The number of thiophene rings is 1. The van der Waals surface area contributed by atoms with Crippen molar-refractivity contribution in [2.45, 2.75) is 24.2 Å². The fourth-order valence-corrected chi connectivity index (χ4v) is 4.70. The molecule has 1 aliphatic heterocycles. The van der Waals surface area contributed by atoms with Crippen LogP contribution in [0.5, 0.6) is 0 Å². The summed E-state index contributed by atoms with van der Waals surface area (Å²) < 4.78 is 26.0. The molecule has 0 spiro atoms. The van der Waals surface area contributed by atoms with Gasteiger partial charge in [-0.3, -0.25) is 4.79 Å². The summed E-state index contributed by atoms with van der Waals surface area (Å²) in [5.41, 5.74) is 5.17. The molecule has 0 unspecified atom stereocenters. The molecule has 94 valence electrons. The molecule has 0 aliphatic carbocycles. The largest absolute Gasteiger partial charge is 0.365 e. The molecular weight excluding hydrogens is 260 g/mol. The Hall–Kier alpha value is -0.920. The average Bonchev–Trinajstić information content (AvgIpc) is 2.80. The van der Waals surface area contributed by atoms with E-state index < -0.39 is 15.9 Å². The number of hydrogen-bond donors (Lipinski definition) is 1. The fourth-order valence-electron chi connectivity index (χ4n) is 1.92. The minimum Gasteiger partial charge on any atom is -0.365 e. The molecule has 7 heteroatoms. The molecule has 1 aromatic rings. The second kappa shape index (κ2) is 4.75. The van der Waals surface area contributed by atoms with Crippen molar-refractivity contribution in [2.24, 2.45) is 5.73 Å². The lowest BCUT2D eigenvalue weighted by atomic mass is 10.2. The Morgan fingerprint density at radius 2 is 1.94 bits per heavy atom. The van der Waals surface area contributed by atoms with E-state index in [2.05, 4.69) is 0 Å². The highest BCUT2D eigenvalue weighted by Gasteiger charge is 2.30. The van der Waals surface area contributed by atoms with Crippen molar-refractivity contribution in [1.82, 2.24) is 4.31 Å². The zero-order chi connectivity index (χ0) is 12.5. The number of sulfonamides is 1. The number of hydrogen-bond acceptors (Lipinski definition) is 4. The molecule has 2 rings (SSSR count). The van der Waals surface area contributed by atoms with E-state index in [-0.39, 0.29) is 9.77 Å². The first kappa shape index (κ1) is 12.5. The second-order valence-corrected chi connectivity index (χ2v) is 6.77. The van der Waals surface area contributed by atoms with Gasteiger partial charge < -0.3 is 5.73 Å². The summed E-state index contributed by atoms with van der Waals surface area (Å²) >= 11 is 1.07. The van der Waals surface area contributed by atoms with Crippen LogP contribution in [0.4, 0.5) is 0 Å². The molecule has 1 aromatic heterocycles. The van der Waals surface area contributed by atoms with Crippen LogP contribution in [0.1, 0.15) is 28.9 Å². The first-order valence-electron chi connectivity index (χ1n) is 5.41. The standard InChI is InChI=1S/C10H14N2O3S2/c11-10(13)9-8(4-7-16-9)17(14,15)12-5-2-1-3-6-12/h4,7H,1-3,5-6H2,(H2,11,13). The van der Waals surface area contributed by atoms with Gasteiger partial charge in [-0.1, -0.05) is 6.42 Å². The predicted octanol–water partition coefficient (Wildman–Crippen LogP) is 1.02. The minimum absolute atomic E-state index is 0.0527. The average molecular weight is 274 g/mol. The van der Waals surface area contributed by atoms with Crippen molar-refractivity contribution in [2.75, 3.05) is 13.1 Å². The van der Waals surface area contributed by atoms with Crippen LogP contribution >= 0.6 is 11.3 Å². The third-order valence-electron chi connectivity index (χ3n) is 2.79. The maximum atomic E-state index is 12.3. The van der Waals surface area contributed by atoms with Crippen LogP contribution in [0.3, 0.4) is 0 Å². The molecule has 0 saturated carbocycles. The topological polar surface area (TPSA) is 80.5 Å². The van der Waals surface area contributed by atoms with Gasteiger partial charge in [0.2, 0.25) is 10.0 Å². The number of carbonyl (C=O) groups is 1. The van der Waals surface area contributed by atoms with E-state index in [4.69, 9.17) is 5.73 Å². The van der Waals surface area contributed by atoms with Gasteiger partial charge in [-0.2, -0.15) is 4.31 Å². The molecule has 17 heavy (non-hydrogen) atoms. The normalized spacial score (nSPS) is 18.1.